The molecule has 0 aliphatic carbocycles. The van der Waals surface area contributed by atoms with Gasteiger partial charge in [0.15, 0.2) is 0 Å². The van der Waals surface area contributed by atoms with Crippen LogP contribution in [-0.2, 0) is 9.53 Å². The quantitative estimate of drug-likeness (QED) is 0.397. The van der Waals surface area contributed by atoms with E-state index in [4.69, 9.17) is 21.1 Å². The summed E-state index contributed by atoms with van der Waals surface area (Å²) < 4.78 is 24.4. The predicted octanol–water partition coefficient (Wildman–Crippen LogP) is -0.159. The number of nitrogens with two attached hydrogens (primary N) is 2. The van der Waals surface area contributed by atoms with E-state index >= 15 is 0 Å². The van der Waals surface area contributed by atoms with Crippen LogP contribution in [-0.4, -0.2) is 30.6 Å². The third kappa shape index (κ3) is 3.47. The van der Waals surface area contributed by atoms with E-state index in [0.717, 1.165) is 6.07 Å². The SMILES string of the molecule is NNC(=O)C1CCC(COc2cccc(F)c2C(N)=O)O1. The zero-order valence-corrected chi connectivity index (χ0v) is 11.2. The number of primary amides is 1. The number of halogens is 1. The fraction of sp³-hybridized carbons (Fsp3) is 0.385. The second-order valence-electron chi connectivity index (χ2n) is 4.62. The van der Waals surface area contributed by atoms with Crippen LogP contribution in [0.25, 0.3) is 0 Å². The fourth-order valence-corrected chi connectivity index (χ4v) is 2.16. The number of ether oxygens (including phenoxy) is 2. The van der Waals surface area contributed by atoms with Crippen molar-refractivity contribution < 1.29 is 23.5 Å². The molecule has 8 heteroatoms. The van der Waals surface area contributed by atoms with E-state index in [1.165, 1.54) is 12.1 Å². The van der Waals surface area contributed by atoms with Crippen LogP contribution in [0, 0.1) is 5.82 Å². The van der Waals surface area contributed by atoms with Crippen LogP contribution < -0.4 is 21.7 Å². The van der Waals surface area contributed by atoms with E-state index in [0.29, 0.717) is 12.8 Å². The molecule has 5 N–H and O–H groups in total. The van der Waals surface area contributed by atoms with Crippen LogP contribution in [0.5, 0.6) is 5.75 Å². The number of hydrogen-bond donors (Lipinski definition) is 3. The number of carbonyl (C=O) groups is 2. The molecule has 1 saturated heterocycles. The molecule has 1 fully saturated rings. The molecule has 0 aromatic heterocycles. The van der Waals surface area contributed by atoms with Crippen molar-refractivity contribution >= 4 is 11.8 Å². The summed E-state index contributed by atoms with van der Waals surface area (Å²) in [7, 11) is 0. The molecule has 114 valence electrons. The maximum Gasteiger partial charge on any atom is 0.263 e. The average Bonchev–Trinajstić information content (AvgIpc) is 2.92. The van der Waals surface area contributed by atoms with Gasteiger partial charge in [0.05, 0.1) is 6.10 Å². The summed E-state index contributed by atoms with van der Waals surface area (Å²) in [6.45, 7) is 0.0814. The van der Waals surface area contributed by atoms with Crippen molar-refractivity contribution in [2.75, 3.05) is 6.61 Å². The van der Waals surface area contributed by atoms with E-state index < -0.39 is 23.7 Å². The summed E-state index contributed by atoms with van der Waals surface area (Å²) in [5.41, 5.74) is 6.84. The molecule has 1 aliphatic rings. The van der Waals surface area contributed by atoms with Crippen LogP contribution in [0.4, 0.5) is 4.39 Å². The zero-order chi connectivity index (χ0) is 15.4. The molecule has 1 heterocycles. The number of nitrogens with one attached hydrogen (secondary N) is 1. The van der Waals surface area contributed by atoms with Gasteiger partial charge in [-0.2, -0.15) is 0 Å². The smallest absolute Gasteiger partial charge is 0.263 e. The highest BCUT2D eigenvalue weighted by atomic mass is 19.1. The summed E-state index contributed by atoms with van der Waals surface area (Å²) in [5, 5.41) is 0. The minimum atomic E-state index is -0.907. The summed E-state index contributed by atoms with van der Waals surface area (Å²) in [5.74, 6) is 3.03. The van der Waals surface area contributed by atoms with Crippen molar-refractivity contribution in [1.82, 2.24) is 5.43 Å². The minimum Gasteiger partial charge on any atom is -0.490 e. The third-order valence-electron chi connectivity index (χ3n) is 3.19. The van der Waals surface area contributed by atoms with E-state index in [1.54, 1.807) is 0 Å². The molecule has 21 heavy (non-hydrogen) atoms. The summed E-state index contributed by atoms with van der Waals surface area (Å²) in [4.78, 5) is 22.5. The highest BCUT2D eigenvalue weighted by Gasteiger charge is 2.31. The van der Waals surface area contributed by atoms with Gasteiger partial charge in [-0.25, -0.2) is 10.2 Å². The van der Waals surface area contributed by atoms with Gasteiger partial charge in [-0.1, -0.05) is 6.07 Å². The lowest BCUT2D eigenvalue weighted by Crippen LogP contribution is -2.39. The lowest BCUT2D eigenvalue weighted by molar-refractivity contribution is -0.132. The summed E-state index contributed by atoms with van der Waals surface area (Å²) in [6, 6.07) is 3.99. The van der Waals surface area contributed by atoms with Crippen LogP contribution in [0.3, 0.4) is 0 Å². The second kappa shape index (κ2) is 6.51. The fourth-order valence-electron chi connectivity index (χ4n) is 2.16. The zero-order valence-electron chi connectivity index (χ0n) is 11.2. The van der Waals surface area contributed by atoms with Gasteiger partial charge in [0.25, 0.3) is 11.8 Å². The van der Waals surface area contributed by atoms with Gasteiger partial charge < -0.3 is 15.2 Å². The summed E-state index contributed by atoms with van der Waals surface area (Å²) in [6.07, 6.45) is 0.158. The van der Waals surface area contributed by atoms with Crippen molar-refractivity contribution in [2.45, 2.75) is 25.0 Å². The Labute approximate surface area is 120 Å². The molecule has 0 radical (unpaired) electrons. The number of benzene rings is 1. The Hall–Kier alpha value is -2.19. The van der Waals surface area contributed by atoms with Gasteiger partial charge in [-0.3, -0.25) is 15.0 Å². The van der Waals surface area contributed by atoms with Gasteiger partial charge in [-0.05, 0) is 25.0 Å². The Morgan fingerprint density at radius 2 is 2.19 bits per heavy atom. The van der Waals surface area contributed by atoms with Crippen LogP contribution in [0.2, 0.25) is 0 Å². The number of hydrazine groups is 1. The number of hydrogen-bond acceptors (Lipinski definition) is 5. The molecule has 1 aliphatic heterocycles. The monoisotopic (exact) mass is 297 g/mol. The highest BCUT2D eigenvalue weighted by Crippen LogP contribution is 2.24. The second-order valence-corrected chi connectivity index (χ2v) is 4.62. The molecule has 2 rings (SSSR count). The standard InChI is InChI=1S/C13H16FN3O4/c14-8-2-1-3-9(11(8)12(15)18)20-6-7-4-5-10(21-7)13(19)17-16/h1-3,7,10H,4-6,16H2,(H2,15,18)(H,17,19). The Morgan fingerprint density at radius 1 is 1.43 bits per heavy atom. The predicted molar refractivity (Wildman–Crippen MR) is 70.6 cm³/mol. The van der Waals surface area contributed by atoms with Crippen molar-refractivity contribution in [3.63, 3.8) is 0 Å². The van der Waals surface area contributed by atoms with E-state index in [2.05, 4.69) is 0 Å². The van der Waals surface area contributed by atoms with Gasteiger partial charge in [0.1, 0.15) is 29.8 Å². The first-order chi connectivity index (χ1) is 10.0. The largest absolute Gasteiger partial charge is 0.490 e. The molecule has 0 bridgehead atoms. The van der Waals surface area contributed by atoms with Crippen LogP contribution in [0.1, 0.15) is 23.2 Å². The van der Waals surface area contributed by atoms with Crippen molar-refractivity contribution in [2.24, 2.45) is 11.6 Å². The molecule has 7 nitrogen and oxygen atoms in total. The Balaban J connectivity index is 1.97. The molecular formula is C13H16FN3O4. The average molecular weight is 297 g/mol. The molecule has 1 aromatic carbocycles. The topological polar surface area (TPSA) is 117 Å². The van der Waals surface area contributed by atoms with Crippen molar-refractivity contribution in [1.29, 1.82) is 0 Å². The van der Waals surface area contributed by atoms with E-state index in [1.807, 2.05) is 5.43 Å². The maximum absolute atomic E-state index is 13.5. The molecule has 0 spiro atoms. The first-order valence-corrected chi connectivity index (χ1v) is 6.40. The van der Waals surface area contributed by atoms with Crippen molar-refractivity contribution in [3.8, 4) is 5.75 Å². The molecule has 1 aromatic rings. The first-order valence-electron chi connectivity index (χ1n) is 6.40. The van der Waals surface area contributed by atoms with Gasteiger partial charge in [-0.15, -0.1) is 0 Å². The highest BCUT2D eigenvalue weighted by molar-refractivity contribution is 5.95. The van der Waals surface area contributed by atoms with E-state index in [-0.39, 0.29) is 24.0 Å². The van der Waals surface area contributed by atoms with Gasteiger partial charge >= 0.3 is 0 Å². The van der Waals surface area contributed by atoms with Crippen LogP contribution in [0.15, 0.2) is 18.2 Å². The van der Waals surface area contributed by atoms with Gasteiger partial charge in [0, 0.05) is 0 Å². The van der Waals surface area contributed by atoms with E-state index in [9.17, 15) is 14.0 Å². The first kappa shape index (κ1) is 15.2. The molecule has 0 saturated carbocycles. The Kier molecular flexibility index (Phi) is 4.71. The Morgan fingerprint density at radius 3 is 2.86 bits per heavy atom. The molecule has 2 unspecified atom stereocenters. The normalized spacial score (nSPS) is 21.0. The third-order valence-corrected chi connectivity index (χ3v) is 3.19. The summed E-state index contributed by atoms with van der Waals surface area (Å²) >= 11 is 0. The van der Waals surface area contributed by atoms with Crippen LogP contribution >= 0.6 is 0 Å². The van der Waals surface area contributed by atoms with Crippen molar-refractivity contribution in [3.05, 3.63) is 29.6 Å². The minimum absolute atomic E-state index is 0.0535. The number of carbonyl (C=O) groups excluding carboxylic acids is 2. The lowest BCUT2D eigenvalue weighted by Gasteiger charge is -2.15. The molecule has 2 amide bonds. The lowest BCUT2D eigenvalue weighted by atomic mass is 10.1. The number of amides is 2. The molecule has 2 atom stereocenters. The van der Waals surface area contributed by atoms with Gasteiger partial charge in [0.2, 0.25) is 0 Å². The Bertz CT molecular complexity index is 552. The number of rotatable bonds is 5. The molecular weight excluding hydrogens is 281 g/mol. The maximum atomic E-state index is 13.5.